The van der Waals surface area contributed by atoms with Crippen LogP contribution in [0.4, 0.5) is 0 Å². The van der Waals surface area contributed by atoms with E-state index in [9.17, 15) is 9.59 Å². The molecule has 1 unspecified atom stereocenters. The number of carboxylic acid groups (broad SMARTS) is 1. The highest BCUT2D eigenvalue weighted by atomic mass is 32.1. The molecular formula is C15H21NO3S. The number of amides is 1. The zero-order chi connectivity index (χ0) is 15.5. The summed E-state index contributed by atoms with van der Waals surface area (Å²) in [5.41, 5.74) is 0.633. The molecule has 0 aliphatic carbocycles. The summed E-state index contributed by atoms with van der Waals surface area (Å²) in [6.45, 7) is 8.27. The maximum absolute atomic E-state index is 12.5. The van der Waals surface area contributed by atoms with Crippen LogP contribution in [0.25, 0.3) is 6.08 Å². The van der Waals surface area contributed by atoms with Gasteiger partial charge in [0.05, 0.1) is 4.88 Å². The summed E-state index contributed by atoms with van der Waals surface area (Å²) in [5.74, 6) is -1.10. The van der Waals surface area contributed by atoms with Crippen molar-refractivity contribution in [3.8, 4) is 0 Å². The first-order valence-corrected chi connectivity index (χ1v) is 7.28. The SMILES string of the molecule is CC(N(C)C(=O)c1sccc1C=CC(=O)O)C(C)(C)C. The van der Waals surface area contributed by atoms with Crippen molar-refractivity contribution in [2.75, 3.05) is 7.05 Å². The summed E-state index contributed by atoms with van der Waals surface area (Å²) in [5, 5.41) is 10.5. The van der Waals surface area contributed by atoms with E-state index in [1.165, 1.54) is 17.4 Å². The van der Waals surface area contributed by atoms with E-state index in [0.717, 1.165) is 6.08 Å². The molecule has 20 heavy (non-hydrogen) atoms. The number of carbonyl (C=O) groups is 2. The second-order valence-electron chi connectivity index (χ2n) is 5.83. The van der Waals surface area contributed by atoms with Crippen molar-refractivity contribution in [1.82, 2.24) is 4.90 Å². The molecule has 0 radical (unpaired) electrons. The lowest BCUT2D eigenvalue weighted by molar-refractivity contribution is -0.131. The Morgan fingerprint density at radius 3 is 2.50 bits per heavy atom. The Morgan fingerprint density at radius 2 is 2.00 bits per heavy atom. The molecule has 5 heteroatoms. The first-order valence-electron chi connectivity index (χ1n) is 6.40. The Labute approximate surface area is 123 Å². The summed E-state index contributed by atoms with van der Waals surface area (Å²) < 4.78 is 0. The molecule has 0 aromatic carbocycles. The second kappa shape index (κ2) is 6.22. The first-order chi connectivity index (χ1) is 9.14. The second-order valence-corrected chi connectivity index (χ2v) is 6.75. The molecule has 0 aliphatic heterocycles. The molecule has 110 valence electrons. The van der Waals surface area contributed by atoms with E-state index in [1.54, 1.807) is 23.4 Å². The molecule has 1 aromatic rings. The van der Waals surface area contributed by atoms with Crippen LogP contribution in [0, 0.1) is 5.41 Å². The van der Waals surface area contributed by atoms with Crippen LogP contribution in [0.3, 0.4) is 0 Å². The van der Waals surface area contributed by atoms with Gasteiger partial charge in [0.15, 0.2) is 0 Å². The van der Waals surface area contributed by atoms with Crippen LogP contribution < -0.4 is 0 Å². The summed E-state index contributed by atoms with van der Waals surface area (Å²) in [6, 6.07) is 1.83. The predicted octanol–water partition coefficient (Wildman–Crippen LogP) is 3.35. The lowest BCUT2D eigenvalue weighted by Gasteiger charge is -2.35. The summed E-state index contributed by atoms with van der Waals surface area (Å²) in [6.07, 6.45) is 2.51. The Balaban J connectivity index is 2.99. The smallest absolute Gasteiger partial charge is 0.328 e. The first kappa shape index (κ1) is 16.4. The molecule has 0 aliphatic rings. The third-order valence-corrected chi connectivity index (χ3v) is 4.37. The number of hydrogen-bond donors (Lipinski definition) is 1. The zero-order valence-electron chi connectivity index (χ0n) is 12.5. The Morgan fingerprint density at radius 1 is 1.40 bits per heavy atom. The Kier molecular flexibility index (Phi) is 5.11. The normalized spacial score (nSPS) is 13.4. The van der Waals surface area contributed by atoms with E-state index in [-0.39, 0.29) is 17.4 Å². The molecule has 1 N–H and O–H groups in total. The Hall–Kier alpha value is -1.62. The van der Waals surface area contributed by atoms with Gasteiger partial charge in [0.25, 0.3) is 5.91 Å². The molecule has 1 amide bonds. The molecular weight excluding hydrogens is 274 g/mol. The fourth-order valence-electron chi connectivity index (χ4n) is 1.70. The van der Waals surface area contributed by atoms with Gasteiger partial charge in [-0.05, 0) is 35.4 Å². The molecule has 0 saturated heterocycles. The fourth-order valence-corrected chi connectivity index (χ4v) is 2.57. The topological polar surface area (TPSA) is 57.6 Å². The quantitative estimate of drug-likeness (QED) is 0.867. The minimum Gasteiger partial charge on any atom is -0.478 e. The van der Waals surface area contributed by atoms with Crippen LogP contribution in [0.1, 0.15) is 42.9 Å². The van der Waals surface area contributed by atoms with Gasteiger partial charge in [-0.2, -0.15) is 0 Å². The van der Waals surface area contributed by atoms with Gasteiger partial charge in [-0.3, -0.25) is 4.79 Å². The number of thiophene rings is 1. The zero-order valence-corrected chi connectivity index (χ0v) is 13.3. The van der Waals surface area contributed by atoms with E-state index in [2.05, 4.69) is 20.8 Å². The highest BCUT2D eigenvalue weighted by Crippen LogP contribution is 2.27. The predicted molar refractivity (Wildman–Crippen MR) is 82.0 cm³/mol. The molecule has 0 fully saturated rings. The van der Waals surface area contributed by atoms with Crippen molar-refractivity contribution in [2.45, 2.75) is 33.7 Å². The van der Waals surface area contributed by atoms with Gasteiger partial charge < -0.3 is 10.0 Å². The molecule has 1 aromatic heterocycles. The van der Waals surface area contributed by atoms with Crippen molar-refractivity contribution >= 4 is 29.3 Å². The van der Waals surface area contributed by atoms with Crippen molar-refractivity contribution in [3.63, 3.8) is 0 Å². The summed E-state index contributed by atoms with van der Waals surface area (Å²) >= 11 is 1.33. The summed E-state index contributed by atoms with van der Waals surface area (Å²) in [4.78, 5) is 25.4. The molecule has 1 atom stereocenters. The Bertz CT molecular complexity index is 525. The lowest BCUT2D eigenvalue weighted by atomic mass is 9.87. The molecule has 1 rings (SSSR count). The maximum atomic E-state index is 12.5. The number of carboxylic acids is 1. The van der Waals surface area contributed by atoms with Crippen LogP contribution in [-0.4, -0.2) is 35.0 Å². The van der Waals surface area contributed by atoms with E-state index in [0.29, 0.717) is 10.4 Å². The van der Waals surface area contributed by atoms with Crippen LogP contribution in [0.15, 0.2) is 17.5 Å². The third-order valence-electron chi connectivity index (χ3n) is 3.45. The third kappa shape index (κ3) is 3.93. The van der Waals surface area contributed by atoms with Crippen molar-refractivity contribution < 1.29 is 14.7 Å². The maximum Gasteiger partial charge on any atom is 0.328 e. The average Bonchev–Trinajstić information content (AvgIpc) is 2.80. The molecule has 0 spiro atoms. The number of hydrogen-bond acceptors (Lipinski definition) is 3. The van der Waals surface area contributed by atoms with Crippen LogP contribution in [0.2, 0.25) is 0 Å². The standard InChI is InChI=1S/C15H21NO3S/c1-10(15(2,3)4)16(5)14(19)13-11(8-9-20-13)6-7-12(17)18/h6-10H,1-5H3,(H,17,18). The van der Waals surface area contributed by atoms with Gasteiger partial charge in [-0.25, -0.2) is 4.79 Å². The van der Waals surface area contributed by atoms with Crippen molar-refractivity contribution in [3.05, 3.63) is 28.0 Å². The number of aliphatic carboxylic acids is 1. The summed E-state index contributed by atoms with van der Waals surface area (Å²) in [7, 11) is 1.78. The molecule has 1 heterocycles. The van der Waals surface area contributed by atoms with E-state index in [1.807, 2.05) is 6.92 Å². The minimum absolute atomic E-state index is 0.0151. The van der Waals surface area contributed by atoms with Crippen LogP contribution >= 0.6 is 11.3 Å². The van der Waals surface area contributed by atoms with Gasteiger partial charge in [0.2, 0.25) is 0 Å². The van der Waals surface area contributed by atoms with Crippen molar-refractivity contribution in [1.29, 1.82) is 0 Å². The van der Waals surface area contributed by atoms with Crippen molar-refractivity contribution in [2.24, 2.45) is 5.41 Å². The van der Waals surface area contributed by atoms with E-state index >= 15 is 0 Å². The lowest BCUT2D eigenvalue weighted by Crippen LogP contribution is -2.42. The van der Waals surface area contributed by atoms with E-state index < -0.39 is 5.97 Å². The average molecular weight is 295 g/mol. The molecule has 4 nitrogen and oxygen atoms in total. The van der Waals surface area contributed by atoms with Gasteiger partial charge in [-0.15, -0.1) is 11.3 Å². The van der Waals surface area contributed by atoms with E-state index in [4.69, 9.17) is 5.11 Å². The number of carbonyl (C=O) groups excluding carboxylic acids is 1. The van der Waals surface area contributed by atoms with Crippen LogP contribution in [-0.2, 0) is 4.79 Å². The highest BCUT2D eigenvalue weighted by Gasteiger charge is 2.28. The fraction of sp³-hybridized carbons (Fsp3) is 0.467. The highest BCUT2D eigenvalue weighted by molar-refractivity contribution is 7.12. The van der Waals surface area contributed by atoms with Gasteiger partial charge in [-0.1, -0.05) is 20.8 Å². The monoisotopic (exact) mass is 295 g/mol. The minimum atomic E-state index is -1.02. The van der Waals surface area contributed by atoms with Gasteiger partial charge >= 0.3 is 5.97 Å². The molecule has 0 bridgehead atoms. The largest absolute Gasteiger partial charge is 0.478 e. The number of rotatable bonds is 4. The van der Waals surface area contributed by atoms with Gasteiger partial charge in [0, 0.05) is 19.2 Å². The molecule has 0 saturated carbocycles. The van der Waals surface area contributed by atoms with Crippen LogP contribution in [0.5, 0.6) is 0 Å². The number of nitrogens with zero attached hydrogens (tertiary/aromatic N) is 1. The van der Waals surface area contributed by atoms with Gasteiger partial charge in [0.1, 0.15) is 0 Å².